The van der Waals surface area contributed by atoms with Crippen LogP contribution in [0.1, 0.15) is 58.3 Å². The fourth-order valence-corrected chi connectivity index (χ4v) is 12.1. The average molecular weight is 804 g/mol. The summed E-state index contributed by atoms with van der Waals surface area (Å²) < 4.78 is 60.8. The quantitative estimate of drug-likeness (QED) is 0.134. The molecule has 1 fully saturated rings. The molecular weight excluding hydrogens is 762 g/mol. The van der Waals surface area contributed by atoms with Gasteiger partial charge < -0.3 is 24.3 Å². The van der Waals surface area contributed by atoms with Gasteiger partial charge in [0.25, 0.3) is 0 Å². The zero-order valence-electron chi connectivity index (χ0n) is 28.1. The molecule has 0 spiro atoms. The first kappa shape index (κ1) is 36.9. The molecular formula is C38H41F3INO5Si. The summed E-state index contributed by atoms with van der Waals surface area (Å²) in [5.41, 5.74) is -0.295. The lowest BCUT2D eigenvalue weighted by molar-refractivity contribution is -0.196. The molecule has 0 radical (unpaired) electrons. The minimum atomic E-state index is -5.10. The van der Waals surface area contributed by atoms with Crippen molar-refractivity contribution >= 4 is 47.2 Å². The monoisotopic (exact) mass is 803 g/mol. The maximum atomic E-state index is 13.6. The van der Waals surface area contributed by atoms with E-state index in [-0.39, 0.29) is 23.8 Å². The van der Waals surface area contributed by atoms with Crippen LogP contribution in [0.5, 0.6) is 11.5 Å². The van der Waals surface area contributed by atoms with E-state index in [4.69, 9.17) is 13.9 Å². The van der Waals surface area contributed by atoms with Crippen molar-refractivity contribution in [2.24, 2.45) is 0 Å². The van der Waals surface area contributed by atoms with Crippen molar-refractivity contribution in [3.05, 3.63) is 118 Å². The second-order valence-corrected chi connectivity index (χ2v) is 19.0. The van der Waals surface area contributed by atoms with Crippen LogP contribution >= 0.6 is 22.6 Å². The van der Waals surface area contributed by atoms with Gasteiger partial charge >= 0.3 is 20.4 Å². The number of hydrogen-bond acceptors (Lipinski definition) is 5. The smallest absolute Gasteiger partial charge is 0.471 e. The summed E-state index contributed by atoms with van der Waals surface area (Å²) in [5.74, 6) is -1.68. The van der Waals surface area contributed by atoms with Crippen LogP contribution in [0.4, 0.5) is 13.2 Å². The third kappa shape index (κ3) is 7.69. The first-order valence-corrected chi connectivity index (χ1v) is 19.1. The molecule has 6 nitrogen and oxygen atoms in total. The summed E-state index contributed by atoms with van der Waals surface area (Å²) in [6, 6.07) is 32.9. The minimum Gasteiger partial charge on any atom is -0.533 e. The van der Waals surface area contributed by atoms with E-state index in [1.807, 2.05) is 66.7 Å². The Kier molecular flexibility index (Phi) is 10.9. The van der Waals surface area contributed by atoms with Crippen molar-refractivity contribution < 1.29 is 37.0 Å². The average Bonchev–Trinajstić information content (AvgIpc) is 3.05. The molecule has 1 aliphatic heterocycles. The summed E-state index contributed by atoms with van der Waals surface area (Å²) in [6.07, 6.45) is -7.71. The van der Waals surface area contributed by atoms with E-state index in [1.165, 1.54) is 6.92 Å². The molecule has 0 bridgehead atoms. The van der Waals surface area contributed by atoms with Crippen molar-refractivity contribution in [2.75, 3.05) is 0 Å². The molecule has 1 saturated heterocycles. The molecule has 0 aliphatic carbocycles. The molecule has 0 saturated carbocycles. The highest BCUT2D eigenvalue weighted by Gasteiger charge is 2.54. The maximum Gasteiger partial charge on any atom is 0.471 e. The summed E-state index contributed by atoms with van der Waals surface area (Å²) in [6.45, 7) is 9.81. The van der Waals surface area contributed by atoms with Crippen molar-refractivity contribution in [3.8, 4) is 11.5 Å². The molecule has 4 aromatic rings. The number of phenols is 1. The van der Waals surface area contributed by atoms with Gasteiger partial charge in [-0.2, -0.15) is 13.2 Å². The Hall–Kier alpha value is -3.39. The van der Waals surface area contributed by atoms with Gasteiger partial charge in [-0.25, -0.2) is 0 Å². The Morgan fingerprint density at radius 2 is 1.47 bits per heavy atom. The number of carbonyl (C=O) groups excluding carboxylic acids is 1. The number of phenolic OH excluding ortho intramolecular Hbond substituents is 1. The van der Waals surface area contributed by atoms with Gasteiger partial charge in [0.1, 0.15) is 17.6 Å². The first-order valence-electron chi connectivity index (χ1n) is 16.1. The number of benzene rings is 4. The second kappa shape index (κ2) is 14.5. The predicted molar refractivity (Wildman–Crippen MR) is 195 cm³/mol. The van der Waals surface area contributed by atoms with E-state index in [9.17, 15) is 23.1 Å². The Morgan fingerprint density at radius 3 is 1.98 bits per heavy atom. The highest BCUT2D eigenvalue weighted by molar-refractivity contribution is 14.1. The highest BCUT2D eigenvalue weighted by Crippen LogP contribution is 2.46. The van der Waals surface area contributed by atoms with Gasteiger partial charge in [-0.15, -0.1) is 0 Å². The molecule has 1 aliphatic rings. The van der Waals surface area contributed by atoms with Crippen molar-refractivity contribution in [2.45, 2.75) is 82.7 Å². The number of ether oxygens (including phenoxy) is 2. The molecule has 0 aromatic heterocycles. The number of hydrogen-bond donors (Lipinski definition) is 2. The van der Waals surface area contributed by atoms with Crippen LogP contribution in [0.3, 0.4) is 0 Å². The van der Waals surface area contributed by atoms with Gasteiger partial charge in [-0.1, -0.05) is 112 Å². The first-order chi connectivity index (χ1) is 23.1. The van der Waals surface area contributed by atoms with Crippen molar-refractivity contribution in [3.63, 3.8) is 0 Å². The topological polar surface area (TPSA) is 77.0 Å². The van der Waals surface area contributed by atoms with Crippen molar-refractivity contribution in [1.82, 2.24) is 5.32 Å². The zero-order chi connectivity index (χ0) is 35.6. The third-order valence-corrected chi connectivity index (χ3v) is 15.1. The van der Waals surface area contributed by atoms with Crippen LogP contribution in [0.15, 0.2) is 103 Å². The summed E-state index contributed by atoms with van der Waals surface area (Å²) in [4.78, 5) is 12.3. The Balaban J connectivity index is 1.51. The molecule has 5 rings (SSSR count). The molecule has 4 aromatic carbocycles. The second-order valence-electron chi connectivity index (χ2n) is 13.7. The molecule has 260 valence electrons. The van der Waals surface area contributed by atoms with Gasteiger partial charge in [-0.05, 0) is 69.5 Å². The van der Waals surface area contributed by atoms with E-state index >= 15 is 0 Å². The number of rotatable bonds is 9. The van der Waals surface area contributed by atoms with Gasteiger partial charge in [0.2, 0.25) is 0 Å². The normalized spacial score (nSPS) is 21.6. The Labute approximate surface area is 300 Å². The molecule has 1 amide bonds. The number of aromatic hydroxyl groups is 1. The van der Waals surface area contributed by atoms with Gasteiger partial charge in [0.05, 0.1) is 27.9 Å². The maximum absolute atomic E-state index is 13.6. The third-order valence-electron chi connectivity index (χ3n) is 9.11. The van der Waals surface area contributed by atoms with Crippen LogP contribution in [0, 0.1) is 3.57 Å². The lowest BCUT2D eigenvalue weighted by atomic mass is 9.80. The zero-order valence-corrected chi connectivity index (χ0v) is 31.2. The van der Waals surface area contributed by atoms with Crippen LogP contribution in [-0.2, 0) is 20.9 Å². The fraction of sp³-hybridized carbons (Fsp3) is 0.342. The Bertz CT molecular complexity index is 1700. The van der Waals surface area contributed by atoms with Crippen molar-refractivity contribution in [1.29, 1.82) is 0 Å². The number of alkyl halides is 3. The summed E-state index contributed by atoms with van der Waals surface area (Å²) in [7, 11) is -3.04. The summed E-state index contributed by atoms with van der Waals surface area (Å²) in [5, 5.41) is 15.7. The largest absolute Gasteiger partial charge is 0.533 e. The van der Waals surface area contributed by atoms with Gasteiger partial charge in [0.15, 0.2) is 0 Å². The van der Waals surface area contributed by atoms with E-state index in [2.05, 4.69) is 72.9 Å². The van der Waals surface area contributed by atoms with Gasteiger partial charge in [-0.3, -0.25) is 4.79 Å². The molecule has 11 heteroatoms. The van der Waals surface area contributed by atoms with E-state index in [0.29, 0.717) is 14.9 Å². The molecule has 1 heterocycles. The van der Waals surface area contributed by atoms with Crippen LogP contribution in [0.2, 0.25) is 5.04 Å². The molecule has 4 atom stereocenters. The summed E-state index contributed by atoms with van der Waals surface area (Å²) >= 11 is 2.05. The fourth-order valence-electron chi connectivity index (χ4n) is 6.83. The van der Waals surface area contributed by atoms with Crippen LogP contribution in [-0.4, -0.2) is 43.3 Å². The van der Waals surface area contributed by atoms with E-state index < -0.39 is 44.3 Å². The SMILES string of the molecule is CC1O[C@H](c2ccc(O[Si](c3ccccc3)(c3ccccc3)C(C)(C)C)c(I)c2O)C[C@@](C)(NC(=O)C(F)(F)F)[C@@H]1OCc1ccccc1. The van der Waals surface area contributed by atoms with Gasteiger partial charge in [0, 0.05) is 12.0 Å². The highest BCUT2D eigenvalue weighted by atomic mass is 127. The number of halogens is 4. The lowest BCUT2D eigenvalue weighted by Crippen LogP contribution is -2.68. The van der Waals surface area contributed by atoms with E-state index in [1.54, 1.807) is 19.1 Å². The van der Waals surface area contributed by atoms with E-state index in [0.717, 1.165) is 15.9 Å². The minimum absolute atomic E-state index is 0.0861. The molecule has 49 heavy (non-hydrogen) atoms. The lowest BCUT2D eigenvalue weighted by Gasteiger charge is -2.48. The number of amides is 1. The van der Waals surface area contributed by atoms with Crippen LogP contribution < -0.4 is 20.1 Å². The Morgan fingerprint density at radius 1 is 0.939 bits per heavy atom. The molecule has 1 unspecified atom stereocenters. The number of nitrogens with one attached hydrogen (secondary N) is 1. The number of carbonyl (C=O) groups is 1. The predicted octanol–water partition coefficient (Wildman–Crippen LogP) is 7.81. The molecule has 2 N–H and O–H groups in total. The standard InChI is InChI=1S/C38H41F3INO5Si/c1-25-34(46-24-26-15-9-6-10-16-26)37(5,43-35(45)38(39,40)41)23-31(47-25)29-21-22-30(32(42)33(29)44)48-49(36(2,3)4,27-17-11-7-12-18-27)28-19-13-8-14-20-28/h6-22,25,31,34,44H,23-24H2,1-5H3,(H,43,45)/t25?,31-,34+,37+/m0/s1. The van der Waals surface area contributed by atoms with Crippen LogP contribution in [0.25, 0.3) is 0 Å².